The summed E-state index contributed by atoms with van der Waals surface area (Å²) in [5.41, 5.74) is 0. The maximum absolute atomic E-state index is 10.7. The molecule has 0 aliphatic rings. The van der Waals surface area contributed by atoms with Crippen molar-refractivity contribution >= 4 is 5.91 Å². The average molecular weight is 154 g/mol. The summed E-state index contributed by atoms with van der Waals surface area (Å²) in [6.07, 6.45) is 3.23. The molecule has 0 atom stereocenters. The fourth-order valence-corrected chi connectivity index (χ4v) is 0.786. The normalized spacial score (nSPS) is 8.82. The smallest absolute Gasteiger partial charge is 0.324 e. The molecule has 0 saturated heterocycles. The quantitative estimate of drug-likeness (QED) is 0.450. The SMILES string of the molecule is CCCCCN(C)C(=O)C#N. The summed E-state index contributed by atoms with van der Waals surface area (Å²) < 4.78 is 0. The van der Waals surface area contributed by atoms with Crippen molar-refractivity contribution in [3.63, 3.8) is 0 Å². The lowest BCUT2D eigenvalue weighted by molar-refractivity contribution is -0.124. The van der Waals surface area contributed by atoms with Gasteiger partial charge in [0.25, 0.3) is 0 Å². The number of hydrogen-bond donors (Lipinski definition) is 0. The van der Waals surface area contributed by atoms with E-state index in [2.05, 4.69) is 6.92 Å². The Hall–Kier alpha value is -1.04. The largest absolute Gasteiger partial charge is 0.333 e. The van der Waals surface area contributed by atoms with Gasteiger partial charge in [-0.15, -0.1) is 0 Å². The first-order chi connectivity index (χ1) is 5.22. The topological polar surface area (TPSA) is 44.1 Å². The lowest BCUT2D eigenvalue weighted by atomic mass is 10.2. The molecular formula is C8H14N2O. The van der Waals surface area contributed by atoms with E-state index in [1.165, 1.54) is 4.90 Å². The van der Waals surface area contributed by atoms with Gasteiger partial charge in [-0.3, -0.25) is 4.79 Å². The molecule has 0 fully saturated rings. The third-order valence-electron chi connectivity index (χ3n) is 1.54. The van der Waals surface area contributed by atoms with Crippen LogP contribution in [0.4, 0.5) is 0 Å². The van der Waals surface area contributed by atoms with E-state index in [0.29, 0.717) is 6.54 Å². The number of rotatable bonds is 4. The molecule has 0 aromatic heterocycles. The maximum atomic E-state index is 10.7. The Morgan fingerprint density at radius 3 is 2.64 bits per heavy atom. The molecule has 0 aromatic rings. The third-order valence-corrected chi connectivity index (χ3v) is 1.54. The lowest BCUT2D eigenvalue weighted by Crippen LogP contribution is -2.25. The van der Waals surface area contributed by atoms with Gasteiger partial charge in [-0.1, -0.05) is 19.8 Å². The van der Waals surface area contributed by atoms with E-state index in [1.807, 2.05) is 0 Å². The van der Waals surface area contributed by atoms with Crippen LogP contribution in [0.5, 0.6) is 0 Å². The molecule has 0 aliphatic carbocycles. The molecule has 62 valence electrons. The Bertz CT molecular complexity index is 160. The van der Waals surface area contributed by atoms with Crippen molar-refractivity contribution < 1.29 is 4.79 Å². The molecule has 0 rings (SSSR count). The van der Waals surface area contributed by atoms with Gasteiger partial charge in [0, 0.05) is 13.6 Å². The van der Waals surface area contributed by atoms with E-state index >= 15 is 0 Å². The van der Waals surface area contributed by atoms with E-state index < -0.39 is 5.91 Å². The van der Waals surface area contributed by atoms with Gasteiger partial charge in [0.15, 0.2) is 6.07 Å². The summed E-state index contributed by atoms with van der Waals surface area (Å²) in [6.45, 7) is 2.80. The van der Waals surface area contributed by atoms with Crippen molar-refractivity contribution in [3.8, 4) is 6.07 Å². The highest BCUT2D eigenvalue weighted by Gasteiger charge is 2.04. The van der Waals surface area contributed by atoms with Crippen LogP contribution in [0.3, 0.4) is 0 Å². The van der Waals surface area contributed by atoms with E-state index in [-0.39, 0.29) is 0 Å². The first-order valence-electron chi connectivity index (χ1n) is 3.87. The number of nitriles is 1. The molecular weight excluding hydrogens is 140 g/mol. The van der Waals surface area contributed by atoms with Crippen LogP contribution in [-0.2, 0) is 4.79 Å². The minimum Gasteiger partial charge on any atom is -0.333 e. The summed E-state index contributed by atoms with van der Waals surface area (Å²) in [5.74, 6) is -0.443. The summed E-state index contributed by atoms with van der Waals surface area (Å²) in [5, 5.41) is 8.22. The molecule has 0 bridgehead atoms. The van der Waals surface area contributed by atoms with Crippen molar-refractivity contribution in [2.75, 3.05) is 13.6 Å². The molecule has 0 unspecified atom stereocenters. The summed E-state index contributed by atoms with van der Waals surface area (Å²) in [6, 6.07) is 1.58. The summed E-state index contributed by atoms with van der Waals surface area (Å²) >= 11 is 0. The fourth-order valence-electron chi connectivity index (χ4n) is 0.786. The molecule has 3 heteroatoms. The van der Waals surface area contributed by atoms with Crippen LogP contribution in [0.25, 0.3) is 0 Å². The fraction of sp³-hybridized carbons (Fsp3) is 0.750. The van der Waals surface area contributed by atoms with Crippen molar-refractivity contribution in [1.29, 1.82) is 5.26 Å². The molecule has 0 saturated carbocycles. The Morgan fingerprint density at radius 1 is 1.55 bits per heavy atom. The number of carbonyl (C=O) groups is 1. The van der Waals surface area contributed by atoms with Gasteiger partial charge in [0.05, 0.1) is 0 Å². The molecule has 3 nitrogen and oxygen atoms in total. The standard InChI is InChI=1S/C8H14N2O/c1-3-4-5-6-10(2)8(11)7-9/h3-6H2,1-2H3. The zero-order chi connectivity index (χ0) is 8.69. The second-order valence-corrected chi connectivity index (χ2v) is 2.55. The second kappa shape index (κ2) is 5.72. The average Bonchev–Trinajstić information content (AvgIpc) is 2.03. The highest BCUT2D eigenvalue weighted by molar-refractivity contribution is 5.90. The lowest BCUT2D eigenvalue weighted by Gasteiger charge is -2.11. The van der Waals surface area contributed by atoms with Gasteiger partial charge in [-0.2, -0.15) is 5.26 Å². The van der Waals surface area contributed by atoms with E-state index in [9.17, 15) is 4.79 Å². The van der Waals surface area contributed by atoms with Crippen LogP contribution in [0.1, 0.15) is 26.2 Å². The second-order valence-electron chi connectivity index (χ2n) is 2.55. The van der Waals surface area contributed by atoms with Gasteiger partial charge >= 0.3 is 5.91 Å². The van der Waals surface area contributed by atoms with Crippen molar-refractivity contribution in [2.24, 2.45) is 0 Å². The predicted octanol–water partition coefficient (Wildman–Crippen LogP) is 1.16. The first-order valence-corrected chi connectivity index (χ1v) is 3.87. The summed E-state index contributed by atoms with van der Waals surface area (Å²) in [7, 11) is 1.65. The number of carbonyl (C=O) groups excluding carboxylic acids is 1. The van der Waals surface area contributed by atoms with Gasteiger partial charge in [0.1, 0.15) is 0 Å². The third kappa shape index (κ3) is 4.38. The van der Waals surface area contributed by atoms with Crippen molar-refractivity contribution in [3.05, 3.63) is 0 Å². The number of unbranched alkanes of at least 4 members (excludes halogenated alkanes) is 2. The van der Waals surface area contributed by atoms with E-state index in [4.69, 9.17) is 5.26 Å². The zero-order valence-electron chi connectivity index (χ0n) is 7.13. The molecule has 0 heterocycles. The Morgan fingerprint density at radius 2 is 2.18 bits per heavy atom. The van der Waals surface area contributed by atoms with Crippen LogP contribution >= 0.6 is 0 Å². The molecule has 0 aromatic carbocycles. The van der Waals surface area contributed by atoms with Crippen molar-refractivity contribution in [1.82, 2.24) is 4.90 Å². The van der Waals surface area contributed by atoms with Gasteiger partial charge in [-0.25, -0.2) is 0 Å². The predicted molar refractivity (Wildman–Crippen MR) is 42.8 cm³/mol. The minimum atomic E-state index is -0.443. The number of hydrogen-bond acceptors (Lipinski definition) is 2. The molecule has 0 radical (unpaired) electrons. The van der Waals surface area contributed by atoms with Crippen molar-refractivity contribution in [2.45, 2.75) is 26.2 Å². The summed E-state index contributed by atoms with van der Waals surface area (Å²) in [4.78, 5) is 12.1. The minimum absolute atomic E-state index is 0.443. The van der Waals surface area contributed by atoms with Crippen LogP contribution in [0.2, 0.25) is 0 Å². The van der Waals surface area contributed by atoms with Gasteiger partial charge < -0.3 is 4.90 Å². The van der Waals surface area contributed by atoms with Gasteiger partial charge in [-0.05, 0) is 6.42 Å². The highest BCUT2D eigenvalue weighted by atomic mass is 16.2. The van der Waals surface area contributed by atoms with Crippen LogP contribution in [0.15, 0.2) is 0 Å². The van der Waals surface area contributed by atoms with Crippen LogP contribution < -0.4 is 0 Å². The number of amides is 1. The Labute approximate surface area is 67.6 Å². The molecule has 11 heavy (non-hydrogen) atoms. The Balaban J connectivity index is 3.46. The van der Waals surface area contributed by atoms with Gasteiger partial charge in [0.2, 0.25) is 0 Å². The molecule has 0 spiro atoms. The molecule has 0 N–H and O–H groups in total. The van der Waals surface area contributed by atoms with Crippen LogP contribution in [0, 0.1) is 11.3 Å². The maximum Gasteiger partial charge on any atom is 0.324 e. The number of nitrogens with zero attached hydrogens (tertiary/aromatic N) is 2. The van der Waals surface area contributed by atoms with E-state index in [1.54, 1.807) is 13.1 Å². The first kappa shape index (κ1) is 9.96. The Kier molecular flexibility index (Phi) is 5.18. The molecule has 0 aliphatic heterocycles. The zero-order valence-corrected chi connectivity index (χ0v) is 7.13. The monoisotopic (exact) mass is 154 g/mol. The highest BCUT2D eigenvalue weighted by Crippen LogP contribution is 1.95. The molecule has 1 amide bonds. The van der Waals surface area contributed by atoms with E-state index in [0.717, 1.165) is 19.3 Å². The van der Waals surface area contributed by atoms with Crippen LogP contribution in [-0.4, -0.2) is 24.4 Å².